The number of rotatable bonds is 3. The maximum Gasteiger partial charge on any atom is 0.325 e. The van der Waals surface area contributed by atoms with Crippen LogP contribution in [0.15, 0.2) is 36.5 Å². The molecule has 1 aromatic carbocycles. The van der Waals surface area contributed by atoms with Crippen molar-refractivity contribution in [3.05, 3.63) is 36.5 Å². The zero-order valence-corrected chi connectivity index (χ0v) is 14.3. The van der Waals surface area contributed by atoms with E-state index < -0.39 is 17.5 Å². The summed E-state index contributed by atoms with van der Waals surface area (Å²) >= 11 is 0. The maximum atomic E-state index is 12.7. The Morgan fingerprint density at radius 2 is 1.92 bits per heavy atom. The molecule has 2 heterocycles. The standard InChI is InChI=1S/C19H20N4O3/c24-15(21-14-8-4-6-13-7-5-11-20-16(13)14)12-23-17(25)19(22-18(23)26)9-2-1-3-10-19/h4-8,11H,1-3,9-10,12H2,(H,21,24)(H,22,26). The van der Waals surface area contributed by atoms with E-state index in [1.54, 1.807) is 12.3 Å². The van der Waals surface area contributed by atoms with Gasteiger partial charge in [0, 0.05) is 11.6 Å². The number of benzene rings is 1. The van der Waals surface area contributed by atoms with Crippen LogP contribution < -0.4 is 10.6 Å². The van der Waals surface area contributed by atoms with Crippen LogP contribution in [0.2, 0.25) is 0 Å². The van der Waals surface area contributed by atoms with E-state index in [-0.39, 0.29) is 12.5 Å². The maximum absolute atomic E-state index is 12.7. The van der Waals surface area contributed by atoms with Crippen LogP contribution in [0, 0.1) is 0 Å². The van der Waals surface area contributed by atoms with Gasteiger partial charge in [0.05, 0.1) is 11.2 Å². The third kappa shape index (κ3) is 2.79. The van der Waals surface area contributed by atoms with Crippen LogP contribution in [0.25, 0.3) is 10.9 Å². The largest absolute Gasteiger partial charge is 0.325 e. The summed E-state index contributed by atoms with van der Waals surface area (Å²) in [6, 6.07) is 8.73. The van der Waals surface area contributed by atoms with E-state index in [1.165, 1.54) is 0 Å². The molecule has 0 atom stereocenters. The fourth-order valence-corrected chi connectivity index (χ4v) is 3.85. The summed E-state index contributed by atoms with van der Waals surface area (Å²) in [6.45, 7) is -0.296. The summed E-state index contributed by atoms with van der Waals surface area (Å²) < 4.78 is 0. The number of amides is 4. The number of fused-ring (bicyclic) bond motifs is 1. The van der Waals surface area contributed by atoms with Crippen LogP contribution in [0.1, 0.15) is 32.1 Å². The number of para-hydroxylation sites is 1. The van der Waals surface area contributed by atoms with Gasteiger partial charge in [-0.1, -0.05) is 37.5 Å². The first-order valence-corrected chi connectivity index (χ1v) is 8.87. The molecule has 2 aliphatic rings. The Morgan fingerprint density at radius 1 is 1.15 bits per heavy atom. The second-order valence-electron chi connectivity index (χ2n) is 6.89. The molecule has 7 heteroatoms. The number of carbonyl (C=O) groups excluding carboxylic acids is 3. The smallest absolute Gasteiger partial charge is 0.323 e. The van der Waals surface area contributed by atoms with Gasteiger partial charge in [-0.15, -0.1) is 0 Å². The van der Waals surface area contributed by atoms with Crippen molar-refractivity contribution in [3.8, 4) is 0 Å². The van der Waals surface area contributed by atoms with E-state index in [0.717, 1.165) is 29.5 Å². The van der Waals surface area contributed by atoms with Crippen molar-refractivity contribution >= 4 is 34.4 Å². The monoisotopic (exact) mass is 352 g/mol. The van der Waals surface area contributed by atoms with Gasteiger partial charge in [-0.3, -0.25) is 19.5 Å². The third-order valence-corrected chi connectivity index (χ3v) is 5.16. The van der Waals surface area contributed by atoms with Crippen molar-refractivity contribution in [2.45, 2.75) is 37.6 Å². The van der Waals surface area contributed by atoms with Crippen LogP contribution in [0.4, 0.5) is 10.5 Å². The van der Waals surface area contributed by atoms with Crippen LogP contribution in [0.5, 0.6) is 0 Å². The van der Waals surface area contributed by atoms with Crippen molar-refractivity contribution in [2.75, 3.05) is 11.9 Å². The van der Waals surface area contributed by atoms with Gasteiger partial charge in [-0.05, 0) is 25.0 Å². The lowest BCUT2D eigenvalue weighted by atomic mass is 9.82. The fourth-order valence-electron chi connectivity index (χ4n) is 3.85. The highest BCUT2D eigenvalue weighted by Crippen LogP contribution is 2.33. The van der Waals surface area contributed by atoms with Gasteiger partial charge in [0.1, 0.15) is 12.1 Å². The van der Waals surface area contributed by atoms with Crippen LogP contribution in [-0.4, -0.2) is 39.8 Å². The van der Waals surface area contributed by atoms with Gasteiger partial charge in [-0.2, -0.15) is 0 Å². The summed E-state index contributed by atoms with van der Waals surface area (Å²) in [5.74, 6) is -0.701. The number of urea groups is 1. The number of anilines is 1. The van der Waals surface area contributed by atoms with Gasteiger partial charge in [0.2, 0.25) is 5.91 Å². The molecule has 2 aromatic rings. The number of pyridine rings is 1. The molecule has 7 nitrogen and oxygen atoms in total. The van der Waals surface area contributed by atoms with Gasteiger partial charge in [0.15, 0.2) is 0 Å². The minimum absolute atomic E-state index is 0.284. The van der Waals surface area contributed by atoms with Crippen LogP contribution in [0.3, 0.4) is 0 Å². The second-order valence-corrected chi connectivity index (χ2v) is 6.89. The third-order valence-electron chi connectivity index (χ3n) is 5.16. The molecule has 4 amide bonds. The zero-order chi connectivity index (χ0) is 18.1. The van der Waals surface area contributed by atoms with Crippen molar-refractivity contribution in [2.24, 2.45) is 0 Å². The lowest BCUT2D eigenvalue weighted by Gasteiger charge is -2.30. The number of nitrogens with zero attached hydrogens (tertiary/aromatic N) is 2. The van der Waals surface area contributed by atoms with E-state index in [0.29, 0.717) is 24.0 Å². The molecule has 0 bridgehead atoms. The predicted molar refractivity (Wildman–Crippen MR) is 96.4 cm³/mol. The van der Waals surface area contributed by atoms with Crippen LogP contribution in [-0.2, 0) is 9.59 Å². The molecule has 0 unspecified atom stereocenters. The summed E-state index contributed by atoms with van der Waals surface area (Å²) in [6.07, 6.45) is 5.83. The molecule has 1 saturated heterocycles. The molecule has 1 saturated carbocycles. The number of hydrogen-bond acceptors (Lipinski definition) is 4. The van der Waals surface area contributed by atoms with E-state index in [9.17, 15) is 14.4 Å². The number of carbonyl (C=O) groups is 3. The Bertz CT molecular complexity index is 884. The minimum atomic E-state index is -0.809. The quantitative estimate of drug-likeness (QED) is 0.830. The Morgan fingerprint density at radius 3 is 2.73 bits per heavy atom. The normalized spacial score (nSPS) is 19.0. The Labute approximate surface area is 150 Å². The molecule has 2 N–H and O–H groups in total. The summed E-state index contributed by atoms with van der Waals surface area (Å²) in [7, 11) is 0. The molecule has 1 aliphatic carbocycles. The first-order chi connectivity index (χ1) is 12.6. The van der Waals surface area contributed by atoms with E-state index >= 15 is 0 Å². The highest BCUT2D eigenvalue weighted by molar-refractivity contribution is 6.11. The summed E-state index contributed by atoms with van der Waals surface area (Å²) in [5.41, 5.74) is 0.424. The van der Waals surface area contributed by atoms with E-state index in [1.807, 2.05) is 24.3 Å². The Hall–Kier alpha value is -2.96. The molecule has 26 heavy (non-hydrogen) atoms. The summed E-state index contributed by atoms with van der Waals surface area (Å²) in [5, 5.41) is 6.49. The molecule has 1 aliphatic heterocycles. The van der Waals surface area contributed by atoms with Crippen molar-refractivity contribution in [1.29, 1.82) is 0 Å². The fraction of sp³-hybridized carbons (Fsp3) is 0.368. The van der Waals surface area contributed by atoms with Crippen molar-refractivity contribution in [1.82, 2.24) is 15.2 Å². The highest BCUT2D eigenvalue weighted by Gasteiger charge is 2.51. The van der Waals surface area contributed by atoms with Crippen molar-refractivity contribution in [3.63, 3.8) is 0 Å². The molecular weight excluding hydrogens is 332 g/mol. The predicted octanol–water partition coefficient (Wildman–Crippen LogP) is 2.43. The number of nitrogens with one attached hydrogen (secondary N) is 2. The van der Waals surface area contributed by atoms with Gasteiger partial charge in [-0.25, -0.2) is 4.79 Å². The minimum Gasteiger partial charge on any atom is -0.323 e. The molecule has 2 fully saturated rings. The molecule has 1 aromatic heterocycles. The van der Waals surface area contributed by atoms with E-state index in [4.69, 9.17) is 0 Å². The Kier molecular flexibility index (Phi) is 4.06. The van der Waals surface area contributed by atoms with Crippen molar-refractivity contribution < 1.29 is 14.4 Å². The van der Waals surface area contributed by atoms with E-state index in [2.05, 4.69) is 15.6 Å². The average molecular weight is 352 g/mol. The average Bonchev–Trinajstić information content (AvgIpc) is 2.87. The molecule has 0 radical (unpaired) electrons. The highest BCUT2D eigenvalue weighted by atomic mass is 16.2. The molecule has 1 spiro atoms. The first-order valence-electron chi connectivity index (χ1n) is 8.87. The van der Waals surface area contributed by atoms with Gasteiger partial charge >= 0.3 is 6.03 Å². The first kappa shape index (κ1) is 16.5. The zero-order valence-electron chi connectivity index (χ0n) is 14.3. The van der Waals surface area contributed by atoms with Gasteiger partial charge < -0.3 is 10.6 Å². The lowest BCUT2D eigenvalue weighted by Crippen LogP contribution is -2.48. The summed E-state index contributed by atoms with van der Waals surface area (Å²) in [4.78, 5) is 42.8. The SMILES string of the molecule is O=C(CN1C(=O)NC2(CCCCC2)C1=O)Nc1cccc2cccnc12. The van der Waals surface area contributed by atoms with Gasteiger partial charge in [0.25, 0.3) is 5.91 Å². The number of imide groups is 1. The molecule has 4 rings (SSSR count). The number of aromatic nitrogens is 1. The second kappa shape index (κ2) is 6.40. The number of hydrogen-bond donors (Lipinski definition) is 2. The molecular formula is C19H20N4O3. The van der Waals surface area contributed by atoms with Crippen LogP contribution >= 0.6 is 0 Å². The molecule has 134 valence electrons. The Balaban J connectivity index is 1.49. The topological polar surface area (TPSA) is 91.4 Å². The lowest BCUT2D eigenvalue weighted by molar-refractivity contribution is -0.134.